The fraction of sp³-hybridized carbons (Fsp3) is 0.0909. The minimum atomic E-state index is -0.275. The molecule has 82 valence electrons. The van der Waals surface area contributed by atoms with Gasteiger partial charge in [-0.15, -0.1) is 0 Å². The first kappa shape index (κ1) is 10.2. The van der Waals surface area contributed by atoms with E-state index in [1.807, 2.05) is 30.3 Å². The molecule has 1 aromatic carbocycles. The van der Waals surface area contributed by atoms with Crippen molar-refractivity contribution >= 4 is 17.6 Å². The topological polar surface area (TPSA) is 58.4 Å². The lowest BCUT2D eigenvalue weighted by atomic mass is 10.3. The van der Waals surface area contributed by atoms with Crippen LogP contribution in [-0.4, -0.2) is 18.2 Å². The van der Waals surface area contributed by atoms with Gasteiger partial charge in [0.15, 0.2) is 0 Å². The molecule has 0 unspecified atom stereocenters. The van der Waals surface area contributed by atoms with Crippen LogP contribution in [0.15, 0.2) is 47.1 Å². The molecule has 0 radical (unpaired) electrons. The van der Waals surface area contributed by atoms with Gasteiger partial charge in [-0.05, 0) is 12.1 Å². The zero-order chi connectivity index (χ0) is 11.4. The van der Waals surface area contributed by atoms with Crippen LogP contribution in [0, 0.1) is 0 Å². The lowest BCUT2D eigenvalue weighted by Gasteiger charge is -2.16. The van der Waals surface area contributed by atoms with Gasteiger partial charge < -0.3 is 4.52 Å². The van der Waals surface area contributed by atoms with Gasteiger partial charge in [0.1, 0.15) is 0 Å². The molecule has 0 aliphatic rings. The molecule has 5 nitrogen and oxygen atoms in total. The number of amides is 2. The quantitative estimate of drug-likeness (QED) is 0.839. The molecule has 0 aliphatic carbocycles. The molecule has 0 saturated heterocycles. The van der Waals surface area contributed by atoms with Gasteiger partial charge in [-0.25, -0.2) is 4.79 Å². The SMILES string of the molecule is CN(C(=O)Nc1ccno1)c1ccccc1. The third-order valence-corrected chi connectivity index (χ3v) is 2.12. The van der Waals surface area contributed by atoms with Gasteiger partial charge in [-0.2, -0.15) is 0 Å². The van der Waals surface area contributed by atoms with Crippen LogP contribution >= 0.6 is 0 Å². The summed E-state index contributed by atoms with van der Waals surface area (Å²) in [6.07, 6.45) is 1.47. The minimum absolute atomic E-state index is 0.275. The normalized spacial score (nSPS) is 9.81. The second-order valence-electron chi connectivity index (χ2n) is 3.20. The van der Waals surface area contributed by atoms with E-state index in [0.717, 1.165) is 5.69 Å². The standard InChI is InChI=1S/C11H11N3O2/c1-14(9-5-3-2-4-6-9)11(15)13-10-7-8-12-16-10/h2-8H,1H3,(H,13,15). The Hall–Kier alpha value is -2.30. The Labute approximate surface area is 92.7 Å². The molecule has 0 fully saturated rings. The predicted octanol–water partition coefficient (Wildman–Crippen LogP) is 2.34. The highest BCUT2D eigenvalue weighted by Crippen LogP contribution is 2.13. The van der Waals surface area contributed by atoms with Crippen molar-refractivity contribution in [1.29, 1.82) is 0 Å². The van der Waals surface area contributed by atoms with Crippen molar-refractivity contribution in [2.24, 2.45) is 0 Å². The van der Waals surface area contributed by atoms with Crippen LogP contribution < -0.4 is 10.2 Å². The van der Waals surface area contributed by atoms with Gasteiger partial charge >= 0.3 is 6.03 Å². The highest BCUT2D eigenvalue weighted by molar-refractivity contribution is 6.00. The maximum absolute atomic E-state index is 11.7. The van der Waals surface area contributed by atoms with E-state index in [0.29, 0.717) is 5.88 Å². The molecule has 0 saturated carbocycles. The summed E-state index contributed by atoms with van der Waals surface area (Å²) in [6.45, 7) is 0. The number of carbonyl (C=O) groups is 1. The Kier molecular flexibility index (Phi) is 2.86. The largest absolute Gasteiger partial charge is 0.338 e. The molecule has 2 aromatic rings. The minimum Gasteiger partial charge on any atom is -0.338 e. The number of para-hydroxylation sites is 1. The molecule has 0 spiro atoms. The first-order valence-corrected chi connectivity index (χ1v) is 4.78. The van der Waals surface area contributed by atoms with Crippen LogP contribution in [0.3, 0.4) is 0 Å². The molecular formula is C11H11N3O2. The van der Waals surface area contributed by atoms with E-state index in [9.17, 15) is 4.79 Å². The number of urea groups is 1. The van der Waals surface area contributed by atoms with Crippen molar-refractivity contribution < 1.29 is 9.32 Å². The van der Waals surface area contributed by atoms with Crippen molar-refractivity contribution in [3.8, 4) is 0 Å². The molecule has 1 aromatic heterocycles. The highest BCUT2D eigenvalue weighted by Gasteiger charge is 2.11. The molecule has 0 atom stereocenters. The number of hydrogen-bond acceptors (Lipinski definition) is 3. The summed E-state index contributed by atoms with van der Waals surface area (Å²) in [6, 6.07) is 10.6. The monoisotopic (exact) mass is 217 g/mol. The van der Waals surface area contributed by atoms with E-state index in [1.54, 1.807) is 13.1 Å². The van der Waals surface area contributed by atoms with Crippen LogP contribution in [0.4, 0.5) is 16.4 Å². The average Bonchev–Trinajstić information content (AvgIpc) is 2.82. The zero-order valence-corrected chi connectivity index (χ0v) is 8.75. The predicted molar refractivity (Wildman–Crippen MR) is 60.4 cm³/mol. The summed E-state index contributed by atoms with van der Waals surface area (Å²) >= 11 is 0. The van der Waals surface area contributed by atoms with Gasteiger partial charge in [0, 0.05) is 18.8 Å². The lowest BCUT2D eigenvalue weighted by Crippen LogP contribution is -2.30. The second kappa shape index (κ2) is 4.48. The number of anilines is 2. The third kappa shape index (κ3) is 2.20. The number of nitrogens with one attached hydrogen (secondary N) is 1. The number of nitrogens with zero attached hydrogens (tertiary/aromatic N) is 2. The Bertz CT molecular complexity index is 453. The zero-order valence-electron chi connectivity index (χ0n) is 8.75. The van der Waals surface area contributed by atoms with Gasteiger partial charge in [-0.1, -0.05) is 23.4 Å². The van der Waals surface area contributed by atoms with Crippen LogP contribution in [-0.2, 0) is 0 Å². The van der Waals surface area contributed by atoms with Crippen molar-refractivity contribution in [1.82, 2.24) is 5.16 Å². The van der Waals surface area contributed by atoms with Gasteiger partial charge in [0.2, 0.25) is 5.88 Å². The van der Waals surface area contributed by atoms with E-state index in [1.165, 1.54) is 11.1 Å². The molecule has 2 rings (SSSR count). The van der Waals surface area contributed by atoms with Crippen LogP contribution in [0.1, 0.15) is 0 Å². The number of hydrogen-bond donors (Lipinski definition) is 1. The lowest BCUT2D eigenvalue weighted by molar-refractivity contribution is 0.257. The summed E-state index contributed by atoms with van der Waals surface area (Å²) in [5, 5.41) is 6.08. The van der Waals surface area contributed by atoms with E-state index >= 15 is 0 Å². The van der Waals surface area contributed by atoms with Crippen molar-refractivity contribution in [3.05, 3.63) is 42.6 Å². The van der Waals surface area contributed by atoms with Gasteiger partial charge in [0.05, 0.1) is 6.20 Å². The summed E-state index contributed by atoms with van der Waals surface area (Å²) in [5.41, 5.74) is 0.805. The molecule has 5 heteroatoms. The first-order chi connectivity index (χ1) is 7.77. The molecule has 2 amide bonds. The summed E-state index contributed by atoms with van der Waals surface area (Å²) < 4.78 is 4.78. The maximum Gasteiger partial charge on any atom is 0.328 e. The van der Waals surface area contributed by atoms with Crippen molar-refractivity contribution in [2.75, 3.05) is 17.3 Å². The summed E-state index contributed by atoms with van der Waals surface area (Å²) in [5.74, 6) is 0.327. The first-order valence-electron chi connectivity index (χ1n) is 4.78. The van der Waals surface area contributed by atoms with Crippen LogP contribution in [0.25, 0.3) is 0 Å². The molecule has 16 heavy (non-hydrogen) atoms. The van der Waals surface area contributed by atoms with Crippen molar-refractivity contribution in [2.45, 2.75) is 0 Å². The Morgan fingerprint density at radius 3 is 2.69 bits per heavy atom. The maximum atomic E-state index is 11.7. The Balaban J connectivity index is 2.05. The fourth-order valence-electron chi connectivity index (χ4n) is 1.24. The molecular weight excluding hydrogens is 206 g/mol. The van der Waals surface area contributed by atoms with E-state index < -0.39 is 0 Å². The molecule has 1 N–H and O–H groups in total. The van der Waals surface area contributed by atoms with E-state index in [2.05, 4.69) is 10.5 Å². The Morgan fingerprint density at radius 1 is 1.31 bits per heavy atom. The second-order valence-corrected chi connectivity index (χ2v) is 3.20. The van der Waals surface area contributed by atoms with Crippen LogP contribution in [0.2, 0.25) is 0 Å². The van der Waals surface area contributed by atoms with Gasteiger partial charge in [-0.3, -0.25) is 10.2 Å². The highest BCUT2D eigenvalue weighted by atomic mass is 16.5. The Morgan fingerprint density at radius 2 is 2.06 bits per heavy atom. The number of rotatable bonds is 2. The fourth-order valence-corrected chi connectivity index (χ4v) is 1.24. The summed E-state index contributed by atoms with van der Waals surface area (Å²) in [4.78, 5) is 13.2. The number of carbonyl (C=O) groups excluding carboxylic acids is 1. The number of benzene rings is 1. The smallest absolute Gasteiger partial charge is 0.328 e. The molecule has 0 bridgehead atoms. The van der Waals surface area contributed by atoms with Gasteiger partial charge in [0.25, 0.3) is 0 Å². The van der Waals surface area contributed by atoms with E-state index in [-0.39, 0.29) is 6.03 Å². The average molecular weight is 217 g/mol. The molecule has 1 heterocycles. The molecule has 0 aliphatic heterocycles. The van der Waals surface area contributed by atoms with E-state index in [4.69, 9.17) is 4.52 Å². The van der Waals surface area contributed by atoms with Crippen LogP contribution in [0.5, 0.6) is 0 Å². The van der Waals surface area contributed by atoms with Crippen molar-refractivity contribution in [3.63, 3.8) is 0 Å². The summed E-state index contributed by atoms with van der Waals surface area (Å²) in [7, 11) is 1.68. The number of aromatic nitrogens is 1. The third-order valence-electron chi connectivity index (χ3n) is 2.12.